The minimum absolute atomic E-state index is 0.0594. The van der Waals surface area contributed by atoms with Gasteiger partial charge in [0.25, 0.3) is 0 Å². The molecule has 0 aliphatic heterocycles. The van der Waals surface area contributed by atoms with Crippen LogP contribution in [0.25, 0.3) is 0 Å². The van der Waals surface area contributed by atoms with Crippen molar-refractivity contribution in [3.05, 3.63) is 35.9 Å². The van der Waals surface area contributed by atoms with E-state index in [-0.39, 0.29) is 24.2 Å². The third-order valence-electron chi connectivity index (χ3n) is 2.60. The monoisotopic (exact) mass is 249 g/mol. The molecule has 1 aromatic carbocycles. The molecular weight excluding hydrogens is 230 g/mol. The Morgan fingerprint density at radius 1 is 1.39 bits per heavy atom. The molecule has 0 aliphatic carbocycles. The summed E-state index contributed by atoms with van der Waals surface area (Å²) in [4.78, 5) is 13.7. The lowest BCUT2D eigenvalue weighted by Gasteiger charge is -2.26. The summed E-state index contributed by atoms with van der Waals surface area (Å²) in [6.07, 6.45) is -0.0679. The SMILES string of the molecule is CC(C)N(Cc1ccccc1)C(=O)C/C(N)=N/O. The van der Waals surface area contributed by atoms with E-state index in [0.29, 0.717) is 6.54 Å². The van der Waals surface area contributed by atoms with Crippen molar-refractivity contribution in [3.8, 4) is 0 Å². The van der Waals surface area contributed by atoms with Gasteiger partial charge in [0.1, 0.15) is 5.84 Å². The first-order chi connectivity index (χ1) is 8.54. The number of benzene rings is 1. The Morgan fingerprint density at radius 2 is 2.00 bits per heavy atom. The number of nitrogens with zero attached hydrogens (tertiary/aromatic N) is 2. The molecule has 0 aromatic heterocycles. The molecule has 0 atom stereocenters. The van der Waals surface area contributed by atoms with E-state index in [0.717, 1.165) is 5.56 Å². The average molecular weight is 249 g/mol. The first-order valence-electron chi connectivity index (χ1n) is 5.84. The van der Waals surface area contributed by atoms with Gasteiger partial charge in [0.05, 0.1) is 6.42 Å². The fourth-order valence-corrected chi connectivity index (χ4v) is 1.63. The summed E-state index contributed by atoms with van der Waals surface area (Å²) in [5, 5.41) is 11.3. The Bertz CT molecular complexity index is 416. The summed E-state index contributed by atoms with van der Waals surface area (Å²) in [7, 11) is 0. The summed E-state index contributed by atoms with van der Waals surface area (Å²) < 4.78 is 0. The van der Waals surface area contributed by atoms with Crippen LogP contribution in [0.4, 0.5) is 0 Å². The molecule has 3 N–H and O–H groups in total. The minimum atomic E-state index is -0.149. The van der Waals surface area contributed by atoms with E-state index in [1.54, 1.807) is 4.90 Å². The van der Waals surface area contributed by atoms with Crippen LogP contribution in [0.5, 0.6) is 0 Å². The molecule has 0 fully saturated rings. The zero-order valence-electron chi connectivity index (χ0n) is 10.7. The number of rotatable bonds is 5. The topological polar surface area (TPSA) is 78.9 Å². The molecule has 0 spiro atoms. The third kappa shape index (κ3) is 4.08. The van der Waals surface area contributed by atoms with Crippen LogP contribution in [-0.4, -0.2) is 27.9 Å². The highest BCUT2D eigenvalue weighted by Crippen LogP contribution is 2.09. The minimum Gasteiger partial charge on any atom is -0.409 e. The number of amides is 1. The predicted molar refractivity (Wildman–Crippen MR) is 70.2 cm³/mol. The van der Waals surface area contributed by atoms with Crippen LogP contribution >= 0.6 is 0 Å². The predicted octanol–water partition coefficient (Wildman–Crippen LogP) is 1.56. The van der Waals surface area contributed by atoms with Crippen LogP contribution in [-0.2, 0) is 11.3 Å². The van der Waals surface area contributed by atoms with Crippen LogP contribution < -0.4 is 5.73 Å². The van der Waals surface area contributed by atoms with E-state index in [2.05, 4.69) is 5.16 Å². The summed E-state index contributed by atoms with van der Waals surface area (Å²) in [5.74, 6) is -0.220. The maximum absolute atomic E-state index is 12.0. The molecule has 1 rings (SSSR count). The highest BCUT2D eigenvalue weighted by atomic mass is 16.4. The number of hydrogen-bond acceptors (Lipinski definition) is 3. The standard InChI is InChI=1S/C13H19N3O2/c1-10(2)16(13(17)8-12(14)15-18)9-11-6-4-3-5-7-11/h3-7,10,18H,8-9H2,1-2H3,(H2,14,15). The highest BCUT2D eigenvalue weighted by molar-refractivity contribution is 5.98. The molecule has 5 heteroatoms. The van der Waals surface area contributed by atoms with E-state index in [1.165, 1.54) is 0 Å². The van der Waals surface area contributed by atoms with E-state index in [9.17, 15) is 4.79 Å². The average Bonchev–Trinajstić information content (AvgIpc) is 2.36. The highest BCUT2D eigenvalue weighted by Gasteiger charge is 2.18. The number of hydrogen-bond donors (Lipinski definition) is 2. The van der Waals surface area contributed by atoms with Crippen LogP contribution in [0.3, 0.4) is 0 Å². The number of oxime groups is 1. The Morgan fingerprint density at radius 3 is 2.50 bits per heavy atom. The molecule has 0 aliphatic rings. The van der Waals surface area contributed by atoms with Crippen molar-refractivity contribution in [2.75, 3.05) is 0 Å². The number of carbonyl (C=O) groups is 1. The normalized spacial score (nSPS) is 11.6. The molecule has 0 saturated carbocycles. The van der Waals surface area contributed by atoms with Gasteiger partial charge in [-0.25, -0.2) is 0 Å². The van der Waals surface area contributed by atoms with Gasteiger partial charge in [0.15, 0.2) is 0 Å². The van der Waals surface area contributed by atoms with Gasteiger partial charge in [-0.2, -0.15) is 0 Å². The second-order valence-corrected chi connectivity index (χ2v) is 4.37. The van der Waals surface area contributed by atoms with E-state index in [4.69, 9.17) is 10.9 Å². The zero-order chi connectivity index (χ0) is 13.5. The van der Waals surface area contributed by atoms with Gasteiger partial charge in [0, 0.05) is 12.6 Å². The molecule has 0 saturated heterocycles. The van der Waals surface area contributed by atoms with Gasteiger partial charge in [-0.1, -0.05) is 35.5 Å². The van der Waals surface area contributed by atoms with Crippen molar-refractivity contribution in [3.63, 3.8) is 0 Å². The molecule has 1 aromatic rings. The molecule has 1 amide bonds. The number of amidine groups is 1. The molecule has 98 valence electrons. The summed E-state index contributed by atoms with van der Waals surface area (Å²) in [6.45, 7) is 4.40. The molecule has 0 bridgehead atoms. The van der Waals surface area contributed by atoms with Gasteiger partial charge in [-0.3, -0.25) is 4.79 Å². The van der Waals surface area contributed by atoms with Crippen molar-refractivity contribution in [2.45, 2.75) is 32.9 Å². The number of carbonyl (C=O) groups excluding carboxylic acids is 1. The lowest BCUT2D eigenvalue weighted by Crippen LogP contribution is -2.38. The zero-order valence-corrected chi connectivity index (χ0v) is 10.7. The fourth-order valence-electron chi connectivity index (χ4n) is 1.63. The van der Waals surface area contributed by atoms with Crippen molar-refractivity contribution >= 4 is 11.7 Å². The van der Waals surface area contributed by atoms with Gasteiger partial charge in [0.2, 0.25) is 5.91 Å². The van der Waals surface area contributed by atoms with Gasteiger partial charge >= 0.3 is 0 Å². The van der Waals surface area contributed by atoms with Crippen LogP contribution in [0, 0.1) is 0 Å². The Kier molecular flexibility index (Phi) is 5.17. The van der Waals surface area contributed by atoms with Crippen molar-refractivity contribution in [1.82, 2.24) is 4.90 Å². The van der Waals surface area contributed by atoms with Crippen molar-refractivity contribution < 1.29 is 10.0 Å². The summed E-state index contributed by atoms with van der Waals surface area (Å²) in [6, 6.07) is 9.79. The van der Waals surface area contributed by atoms with E-state index < -0.39 is 0 Å². The fraction of sp³-hybridized carbons (Fsp3) is 0.385. The molecule has 0 unspecified atom stereocenters. The first kappa shape index (κ1) is 14.0. The number of nitrogens with two attached hydrogens (primary N) is 1. The van der Waals surface area contributed by atoms with E-state index in [1.807, 2.05) is 44.2 Å². The third-order valence-corrected chi connectivity index (χ3v) is 2.60. The lowest BCUT2D eigenvalue weighted by atomic mass is 10.1. The maximum atomic E-state index is 12.0. The molecular formula is C13H19N3O2. The second-order valence-electron chi connectivity index (χ2n) is 4.37. The smallest absolute Gasteiger partial charge is 0.230 e. The molecule has 0 radical (unpaired) electrons. The Balaban J connectivity index is 2.74. The van der Waals surface area contributed by atoms with Gasteiger partial charge in [-0.05, 0) is 19.4 Å². The Hall–Kier alpha value is -2.04. The van der Waals surface area contributed by atoms with Gasteiger partial charge in [-0.15, -0.1) is 0 Å². The van der Waals surface area contributed by atoms with Crippen LogP contribution in [0.2, 0.25) is 0 Å². The molecule has 5 nitrogen and oxygen atoms in total. The largest absolute Gasteiger partial charge is 0.409 e. The lowest BCUT2D eigenvalue weighted by molar-refractivity contribution is -0.132. The van der Waals surface area contributed by atoms with Crippen molar-refractivity contribution in [1.29, 1.82) is 0 Å². The van der Waals surface area contributed by atoms with Gasteiger partial charge < -0.3 is 15.8 Å². The maximum Gasteiger partial charge on any atom is 0.230 e. The molecule has 18 heavy (non-hydrogen) atoms. The van der Waals surface area contributed by atoms with Crippen LogP contribution in [0.1, 0.15) is 25.8 Å². The molecule has 0 heterocycles. The summed E-state index contributed by atoms with van der Waals surface area (Å²) in [5.41, 5.74) is 6.41. The van der Waals surface area contributed by atoms with Crippen LogP contribution in [0.15, 0.2) is 35.5 Å². The van der Waals surface area contributed by atoms with E-state index >= 15 is 0 Å². The first-order valence-corrected chi connectivity index (χ1v) is 5.84. The Labute approximate surface area is 107 Å². The second kappa shape index (κ2) is 6.64. The quantitative estimate of drug-likeness (QED) is 0.360. The van der Waals surface area contributed by atoms with Crippen molar-refractivity contribution in [2.24, 2.45) is 10.9 Å². The summed E-state index contributed by atoms with van der Waals surface area (Å²) >= 11 is 0.